The number of halogens is 1. The summed E-state index contributed by atoms with van der Waals surface area (Å²) in [5, 5.41) is 1.03. The first-order chi connectivity index (χ1) is 13.6. The van der Waals surface area contributed by atoms with Gasteiger partial charge in [-0.2, -0.15) is 0 Å². The van der Waals surface area contributed by atoms with Gasteiger partial charge in [-0.05, 0) is 37.1 Å². The van der Waals surface area contributed by atoms with Crippen LogP contribution in [-0.4, -0.2) is 41.5 Å². The van der Waals surface area contributed by atoms with Gasteiger partial charge in [0.25, 0.3) is 5.91 Å². The monoisotopic (exact) mass is 398 g/mol. The number of likely N-dealkylation sites (tertiary alicyclic amines) is 1. The summed E-state index contributed by atoms with van der Waals surface area (Å²) in [5.74, 6) is -1.58. The first kappa shape index (κ1) is 18.6. The summed E-state index contributed by atoms with van der Waals surface area (Å²) in [6.45, 7) is 0.785. The fourth-order valence-electron chi connectivity index (χ4n) is 3.39. The minimum atomic E-state index is -0.828. The van der Waals surface area contributed by atoms with Crippen molar-refractivity contribution in [1.29, 1.82) is 0 Å². The Balaban J connectivity index is 1.38. The fourth-order valence-corrected chi connectivity index (χ4v) is 4.49. The molecule has 1 atom stereocenters. The molecular formula is C21H19FN2O3S. The molecule has 0 radical (unpaired) electrons. The van der Waals surface area contributed by atoms with Crippen LogP contribution in [-0.2, 0) is 9.53 Å². The average Bonchev–Trinajstić information content (AvgIpc) is 3.16. The van der Waals surface area contributed by atoms with Gasteiger partial charge in [0.1, 0.15) is 5.82 Å². The third-order valence-corrected chi connectivity index (χ3v) is 6.05. The molecule has 2 heterocycles. The number of ether oxygens (including phenoxy) is 1. The highest BCUT2D eigenvalue weighted by molar-refractivity contribution is 7.18. The van der Waals surface area contributed by atoms with Crippen LogP contribution in [0.2, 0.25) is 0 Å². The van der Waals surface area contributed by atoms with Crippen molar-refractivity contribution in [2.75, 3.05) is 19.7 Å². The summed E-state index contributed by atoms with van der Waals surface area (Å²) in [7, 11) is 0. The lowest BCUT2D eigenvalue weighted by molar-refractivity contribution is -0.135. The molecule has 28 heavy (non-hydrogen) atoms. The number of fused-ring (bicyclic) bond motifs is 1. The minimum absolute atomic E-state index is 0.165. The lowest BCUT2D eigenvalue weighted by Crippen LogP contribution is -2.41. The number of rotatable bonds is 4. The number of hydrogen-bond donors (Lipinski definition) is 0. The number of thiazole rings is 1. The van der Waals surface area contributed by atoms with Crippen molar-refractivity contribution in [3.63, 3.8) is 0 Å². The molecule has 0 saturated carbocycles. The lowest BCUT2D eigenvalue weighted by Gasteiger charge is -2.31. The summed E-state index contributed by atoms with van der Waals surface area (Å²) in [6, 6.07) is 13.6. The highest BCUT2D eigenvalue weighted by Gasteiger charge is 2.27. The van der Waals surface area contributed by atoms with Crippen molar-refractivity contribution in [3.8, 4) is 0 Å². The van der Waals surface area contributed by atoms with Gasteiger partial charge in [0.15, 0.2) is 6.61 Å². The van der Waals surface area contributed by atoms with Crippen LogP contribution < -0.4 is 0 Å². The number of piperidine rings is 1. The van der Waals surface area contributed by atoms with Crippen LogP contribution in [0.1, 0.15) is 34.1 Å². The second kappa shape index (κ2) is 8.06. The van der Waals surface area contributed by atoms with Gasteiger partial charge in [0, 0.05) is 19.0 Å². The molecule has 4 rings (SSSR count). The minimum Gasteiger partial charge on any atom is -0.452 e. The van der Waals surface area contributed by atoms with E-state index in [1.54, 1.807) is 22.3 Å². The third kappa shape index (κ3) is 3.89. The fraction of sp³-hybridized carbons (Fsp3) is 0.286. The second-order valence-electron chi connectivity index (χ2n) is 6.75. The molecule has 1 saturated heterocycles. The van der Waals surface area contributed by atoms with Gasteiger partial charge in [0.2, 0.25) is 0 Å². The Labute approximate surface area is 165 Å². The number of hydrogen-bond acceptors (Lipinski definition) is 5. The molecule has 5 nitrogen and oxygen atoms in total. The van der Waals surface area contributed by atoms with E-state index >= 15 is 0 Å². The van der Waals surface area contributed by atoms with Crippen LogP contribution in [0, 0.1) is 5.82 Å². The molecule has 2 aromatic carbocycles. The van der Waals surface area contributed by atoms with Crippen LogP contribution in [0.5, 0.6) is 0 Å². The molecule has 1 amide bonds. The van der Waals surface area contributed by atoms with E-state index in [1.165, 1.54) is 18.2 Å². The number of para-hydroxylation sites is 1. The molecule has 1 aromatic heterocycles. The molecule has 3 aromatic rings. The number of esters is 1. The summed E-state index contributed by atoms with van der Waals surface area (Å²) >= 11 is 1.66. The topological polar surface area (TPSA) is 59.5 Å². The largest absolute Gasteiger partial charge is 0.452 e. The predicted molar refractivity (Wildman–Crippen MR) is 105 cm³/mol. The standard InChI is InChI=1S/C21H19FN2O3S/c22-16-8-2-1-7-15(16)21(26)27-13-19(25)24-11-5-6-14(12-24)20-23-17-9-3-4-10-18(17)28-20/h1-4,7-10,14H,5-6,11-13H2/t14-/m0/s1. The number of carbonyl (C=O) groups excluding carboxylic acids is 2. The van der Waals surface area contributed by atoms with E-state index in [9.17, 15) is 14.0 Å². The van der Waals surface area contributed by atoms with Gasteiger partial charge in [-0.1, -0.05) is 24.3 Å². The van der Waals surface area contributed by atoms with Crippen LogP contribution >= 0.6 is 11.3 Å². The van der Waals surface area contributed by atoms with Gasteiger partial charge in [0.05, 0.1) is 20.8 Å². The number of amides is 1. The summed E-state index contributed by atoms with van der Waals surface area (Å²) < 4.78 is 19.8. The van der Waals surface area contributed by atoms with Gasteiger partial charge in [-0.25, -0.2) is 14.2 Å². The Bertz CT molecular complexity index is 987. The molecular weight excluding hydrogens is 379 g/mol. The van der Waals surface area contributed by atoms with Crippen molar-refractivity contribution in [2.45, 2.75) is 18.8 Å². The second-order valence-corrected chi connectivity index (χ2v) is 7.82. The normalized spacial score (nSPS) is 16.9. The highest BCUT2D eigenvalue weighted by atomic mass is 32.1. The van der Waals surface area contributed by atoms with Crippen LogP contribution in [0.15, 0.2) is 48.5 Å². The summed E-state index contributed by atoms with van der Waals surface area (Å²) in [6.07, 6.45) is 1.84. The molecule has 1 fully saturated rings. The van der Waals surface area contributed by atoms with Crippen LogP contribution in [0.4, 0.5) is 4.39 Å². The van der Waals surface area contributed by atoms with E-state index in [0.717, 1.165) is 28.1 Å². The van der Waals surface area contributed by atoms with Gasteiger partial charge >= 0.3 is 5.97 Å². The summed E-state index contributed by atoms with van der Waals surface area (Å²) in [5.41, 5.74) is 0.811. The smallest absolute Gasteiger partial charge is 0.341 e. The maximum absolute atomic E-state index is 13.6. The molecule has 1 aliphatic rings. The third-order valence-electron chi connectivity index (χ3n) is 4.85. The van der Waals surface area contributed by atoms with E-state index in [0.29, 0.717) is 13.1 Å². The highest BCUT2D eigenvalue weighted by Crippen LogP contribution is 2.32. The first-order valence-corrected chi connectivity index (χ1v) is 9.98. The Hall–Kier alpha value is -2.80. The SMILES string of the molecule is O=C(OCC(=O)N1CCC[C@H](c2nc3ccccc3s2)C1)c1ccccc1F. The molecule has 0 aliphatic carbocycles. The van der Waals surface area contributed by atoms with Crippen molar-refractivity contribution in [2.24, 2.45) is 0 Å². The van der Waals surface area contributed by atoms with Crippen molar-refractivity contribution >= 4 is 33.4 Å². The maximum atomic E-state index is 13.6. The summed E-state index contributed by atoms with van der Waals surface area (Å²) in [4.78, 5) is 30.9. The van der Waals surface area contributed by atoms with Gasteiger partial charge in [-0.3, -0.25) is 4.79 Å². The van der Waals surface area contributed by atoms with Gasteiger partial charge in [-0.15, -0.1) is 11.3 Å². The van der Waals surface area contributed by atoms with Crippen LogP contribution in [0.25, 0.3) is 10.2 Å². The molecule has 0 spiro atoms. The van der Waals surface area contributed by atoms with Crippen molar-refractivity contribution < 1.29 is 18.7 Å². The molecule has 144 valence electrons. The Morgan fingerprint density at radius 3 is 2.79 bits per heavy atom. The van der Waals surface area contributed by atoms with E-state index in [-0.39, 0.29) is 24.0 Å². The lowest BCUT2D eigenvalue weighted by atomic mass is 9.99. The quantitative estimate of drug-likeness (QED) is 0.624. The zero-order chi connectivity index (χ0) is 19.5. The molecule has 0 bridgehead atoms. The Morgan fingerprint density at radius 1 is 1.18 bits per heavy atom. The molecule has 0 N–H and O–H groups in total. The molecule has 0 unspecified atom stereocenters. The number of benzene rings is 2. The number of nitrogens with zero attached hydrogens (tertiary/aromatic N) is 2. The van der Waals surface area contributed by atoms with Crippen molar-refractivity contribution in [1.82, 2.24) is 9.88 Å². The molecule has 1 aliphatic heterocycles. The van der Waals surface area contributed by atoms with E-state index in [2.05, 4.69) is 0 Å². The predicted octanol–water partition coefficient (Wildman–Crippen LogP) is 4.00. The van der Waals surface area contributed by atoms with Crippen molar-refractivity contribution in [3.05, 3.63) is 64.9 Å². The molecule has 7 heteroatoms. The average molecular weight is 398 g/mol. The van der Waals surface area contributed by atoms with E-state index in [1.807, 2.05) is 24.3 Å². The number of carbonyl (C=O) groups is 2. The zero-order valence-electron chi connectivity index (χ0n) is 15.1. The Kier molecular flexibility index (Phi) is 5.34. The first-order valence-electron chi connectivity index (χ1n) is 9.16. The van der Waals surface area contributed by atoms with E-state index in [4.69, 9.17) is 9.72 Å². The zero-order valence-corrected chi connectivity index (χ0v) is 16.0. The Morgan fingerprint density at radius 2 is 1.96 bits per heavy atom. The number of aromatic nitrogens is 1. The van der Waals surface area contributed by atoms with Crippen LogP contribution in [0.3, 0.4) is 0 Å². The van der Waals surface area contributed by atoms with Gasteiger partial charge < -0.3 is 9.64 Å². The maximum Gasteiger partial charge on any atom is 0.341 e. The van der Waals surface area contributed by atoms with E-state index < -0.39 is 11.8 Å².